The number of hydrogen-bond donors (Lipinski definition) is 0. The van der Waals surface area contributed by atoms with Crippen LogP contribution in [0.5, 0.6) is 0 Å². The van der Waals surface area contributed by atoms with Crippen molar-refractivity contribution in [1.82, 2.24) is 4.98 Å². The van der Waals surface area contributed by atoms with E-state index in [2.05, 4.69) is 44.8 Å². The van der Waals surface area contributed by atoms with Crippen molar-refractivity contribution >= 4 is 5.97 Å². The molecule has 0 bridgehead atoms. The van der Waals surface area contributed by atoms with Crippen molar-refractivity contribution in [2.75, 3.05) is 6.61 Å². The van der Waals surface area contributed by atoms with Crippen LogP contribution in [0, 0.1) is 11.8 Å². The molecule has 0 radical (unpaired) electrons. The normalized spacial score (nSPS) is 12.2. The molecule has 1 unspecified atom stereocenters. The van der Waals surface area contributed by atoms with Crippen LogP contribution in [0.3, 0.4) is 0 Å². The van der Waals surface area contributed by atoms with Gasteiger partial charge in [-0.05, 0) is 54.9 Å². The molecule has 0 N–H and O–H groups in total. The van der Waals surface area contributed by atoms with Gasteiger partial charge in [-0.25, -0.2) is 4.79 Å². The molecule has 0 aliphatic rings. The number of aromatic nitrogens is 1. The van der Waals surface area contributed by atoms with Gasteiger partial charge in [-0.15, -0.1) is 0 Å². The molecule has 1 heterocycles. The van der Waals surface area contributed by atoms with Crippen LogP contribution in [0.4, 0.5) is 0 Å². The summed E-state index contributed by atoms with van der Waals surface area (Å²) < 4.78 is 5.50. The molecule has 1 aromatic carbocycles. The monoisotopic (exact) mass is 451 g/mol. The molecule has 0 aliphatic carbocycles. The van der Waals surface area contributed by atoms with E-state index in [1.54, 1.807) is 0 Å². The van der Waals surface area contributed by atoms with Crippen LogP contribution >= 0.6 is 0 Å². The molecule has 3 nitrogen and oxygen atoms in total. The highest BCUT2D eigenvalue weighted by molar-refractivity contribution is 5.90. The molecule has 1 atom stereocenters. The highest BCUT2D eigenvalue weighted by atomic mass is 16.5. The van der Waals surface area contributed by atoms with Gasteiger partial charge in [0.15, 0.2) is 0 Å². The average molecular weight is 452 g/mol. The van der Waals surface area contributed by atoms with Crippen LogP contribution < -0.4 is 0 Å². The van der Waals surface area contributed by atoms with Crippen LogP contribution in [0.25, 0.3) is 11.3 Å². The molecule has 2 aromatic rings. The Kier molecular flexibility index (Phi) is 12.8. The highest BCUT2D eigenvalue weighted by Crippen LogP contribution is 2.20. The molecule has 0 spiro atoms. The van der Waals surface area contributed by atoms with E-state index in [9.17, 15) is 4.79 Å². The second-order valence-electron chi connectivity index (χ2n) is 10.0. The predicted molar refractivity (Wildman–Crippen MR) is 140 cm³/mol. The van der Waals surface area contributed by atoms with Crippen molar-refractivity contribution in [2.45, 2.75) is 98.3 Å². The van der Waals surface area contributed by atoms with Crippen molar-refractivity contribution in [3.8, 4) is 11.3 Å². The summed E-state index contributed by atoms with van der Waals surface area (Å²) in [6, 6.07) is 11.9. The maximum absolute atomic E-state index is 12.4. The van der Waals surface area contributed by atoms with Gasteiger partial charge >= 0.3 is 5.97 Å². The van der Waals surface area contributed by atoms with Gasteiger partial charge in [0.05, 0.1) is 17.9 Å². The van der Waals surface area contributed by atoms with Gasteiger partial charge in [-0.3, -0.25) is 4.98 Å². The van der Waals surface area contributed by atoms with Crippen LogP contribution in [0.2, 0.25) is 0 Å². The number of carbonyl (C=O) groups excluding carboxylic acids is 1. The van der Waals surface area contributed by atoms with Gasteiger partial charge in [0.25, 0.3) is 0 Å². The van der Waals surface area contributed by atoms with E-state index in [0.717, 1.165) is 30.0 Å². The lowest BCUT2D eigenvalue weighted by molar-refractivity contribution is 0.0483. The summed E-state index contributed by atoms with van der Waals surface area (Å²) in [5.74, 6) is 1.11. The second kappa shape index (κ2) is 15.6. The van der Waals surface area contributed by atoms with E-state index < -0.39 is 0 Å². The van der Waals surface area contributed by atoms with Gasteiger partial charge in [0.2, 0.25) is 0 Å². The maximum atomic E-state index is 12.4. The zero-order chi connectivity index (χ0) is 23.9. The second-order valence-corrected chi connectivity index (χ2v) is 10.0. The van der Waals surface area contributed by atoms with E-state index in [4.69, 9.17) is 4.74 Å². The fourth-order valence-corrected chi connectivity index (χ4v) is 4.08. The number of hydrogen-bond acceptors (Lipinski definition) is 3. The number of pyridine rings is 1. The Morgan fingerprint density at radius 2 is 1.58 bits per heavy atom. The lowest BCUT2D eigenvalue weighted by Gasteiger charge is -2.12. The summed E-state index contributed by atoms with van der Waals surface area (Å²) in [6.45, 7) is 9.52. The summed E-state index contributed by atoms with van der Waals surface area (Å²) in [5.41, 5.74) is 3.87. The van der Waals surface area contributed by atoms with Crippen molar-refractivity contribution in [2.24, 2.45) is 11.8 Å². The maximum Gasteiger partial charge on any atom is 0.338 e. The van der Waals surface area contributed by atoms with Gasteiger partial charge in [0, 0.05) is 11.8 Å². The number of aryl methyl sites for hydroxylation is 1. The minimum atomic E-state index is -0.238. The van der Waals surface area contributed by atoms with E-state index in [-0.39, 0.29) is 5.97 Å². The lowest BCUT2D eigenvalue weighted by Crippen LogP contribution is -2.09. The molecule has 0 saturated carbocycles. The molecule has 1 aromatic heterocycles. The largest absolute Gasteiger partial charge is 0.462 e. The number of esters is 1. The van der Waals surface area contributed by atoms with E-state index in [0.29, 0.717) is 18.1 Å². The van der Waals surface area contributed by atoms with Crippen molar-refractivity contribution in [3.63, 3.8) is 0 Å². The van der Waals surface area contributed by atoms with E-state index in [1.807, 2.05) is 30.5 Å². The Hall–Kier alpha value is -2.16. The average Bonchev–Trinajstić information content (AvgIpc) is 2.81. The molecule has 2 rings (SSSR count). The van der Waals surface area contributed by atoms with Crippen LogP contribution in [-0.2, 0) is 11.2 Å². The zero-order valence-electron chi connectivity index (χ0n) is 21.4. The Bertz CT molecular complexity index is 780. The third kappa shape index (κ3) is 11.0. The number of rotatable bonds is 16. The molecule has 3 heteroatoms. The van der Waals surface area contributed by atoms with Crippen LogP contribution in [0.15, 0.2) is 42.6 Å². The Morgan fingerprint density at radius 1 is 0.848 bits per heavy atom. The summed E-state index contributed by atoms with van der Waals surface area (Å²) in [5, 5.41) is 0. The van der Waals surface area contributed by atoms with Crippen molar-refractivity contribution < 1.29 is 9.53 Å². The first kappa shape index (κ1) is 27.1. The molecule has 33 heavy (non-hydrogen) atoms. The van der Waals surface area contributed by atoms with Crippen molar-refractivity contribution in [1.29, 1.82) is 0 Å². The fraction of sp³-hybridized carbons (Fsp3) is 0.600. The third-order valence-corrected chi connectivity index (χ3v) is 6.38. The van der Waals surface area contributed by atoms with Crippen molar-refractivity contribution in [3.05, 3.63) is 53.7 Å². The molecule has 0 aliphatic heterocycles. The van der Waals surface area contributed by atoms with Gasteiger partial charge in [-0.2, -0.15) is 0 Å². The van der Waals surface area contributed by atoms with Gasteiger partial charge < -0.3 is 4.74 Å². The fourth-order valence-electron chi connectivity index (χ4n) is 4.08. The SMILES string of the molecule is CCCCCCCCc1ccc(-c2ccc(C(=O)OCCC(C)CCCC(C)C)cc2)nc1. The molecule has 0 saturated heterocycles. The summed E-state index contributed by atoms with van der Waals surface area (Å²) in [6.07, 6.45) is 15.6. The first-order chi connectivity index (χ1) is 16.0. The minimum Gasteiger partial charge on any atom is -0.462 e. The highest BCUT2D eigenvalue weighted by Gasteiger charge is 2.10. The van der Waals surface area contributed by atoms with Crippen LogP contribution in [-0.4, -0.2) is 17.6 Å². The van der Waals surface area contributed by atoms with Gasteiger partial charge in [0.1, 0.15) is 0 Å². The number of carbonyl (C=O) groups is 1. The lowest BCUT2D eigenvalue weighted by atomic mass is 9.98. The summed E-state index contributed by atoms with van der Waals surface area (Å²) >= 11 is 0. The number of ether oxygens (including phenoxy) is 1. The van der Waals surface area contributed by atoms with Crippen LogP contribution in [0.1, 0.15) is 108 Å². The first-order valence-corrected chi connectivity index (χ1v) is 13.2. The Balaban J connectivity index is 1.73. The molecular formula is C30H45NO2. The molecule has 0 fully saturated rings. The summed E-state index contributed by atoms with van der Waals surface area (Å²) in [4.78, 5) is 17.0. The molecule has 0 amide bonds. The molecular weight excluding hydrogens is 406 g/mol. The first-order valence-electron chi connectivity index (χ1n) is 13.2. The van der Waals surface area contributed by atoms with E-state index >= 15 is 0 Å². The van der Waals surface area contributed by atoms with Gasteiger partial charge in [-0.1, -0.05) is 97.3 Å². The topological polar surface area (TPSA) is 39.2 Å². The quantitative estimate of drug-likeness (QED) is 0.189. The Labute approximate surface area is 202 Å². The number of unbranched alkanes of at least 4 members (excludes halogenated alkanes) is 5. The Morgan fingerprint density at radius 3 is 2.24 bits per heavy atom. The number of benzene rings is 1. The minimum absolute atomic E-state index is 0.238. The summed E-state index contributed by atoms with van der Waals surface area (Å²) in [7, 11) is 0. The smallest absolute Gasteiger partial charge is 0.338 e. The molecule has 182 valence electrons. The predicted octanol–water partition coefficient (Wildman–Crippen LogP) is 8.66. The standard InChI is InChI=1S/C30H45NO2/c1-5-6-7-8-9-10-14-26-15-20-29(31-23-26)27-16-18-28(19-17-27)30(32)33-22-21-25(4)13-11-12-24(2)3/h15-20,23-25H,5-14,21-22H2,1-4H3. The zero-order valence-corrected chi connectivity index (χ0v) is 21.4. The third-order valence-electron chi connectivity index (χ3n) is 6.38. The van der Waals surface area contributed by atoms with E-state index in [1.165, 1.54) is 63.4 Å². The number of nitrogens with zero attached hydrogens (tertiary/aromatic N) is 1.